The van der Waals surface area contributed by atoms with Crippen LogP contribution in [-0.2, 0) is 0 Å². The Balaban J connectivity index is 2.00. The minimum atomic E-state index is -2.89. The van der Waals surface area contributed by atoms with Crippen LogP contribution in [0, 0.1) is 0 Å². The molecule has 0 saturated heterocycles. The maximum Gasteiger partial charge on any atom is 0.265 e. The van der Waals surface area contributed by atoms with E-state index in [2.05, 4.69) is 10.4 Å². The second-order valence-corrected chi connectivity index (χ2v) is 4.12. The van der Waals surface area contributed by atoms with Gasteiger partial charge in [0.15, 0.2) is 0 Å². The number of nitrogens with one attached hydrogen (secondary N) is 1. The van der Waals surface area contributed by atoms with Crippen LogP contribution in [0.15, 0.2) is 42.7 Å². The minimum absolute atomic E-state index is 0.232. The van der Waals surface area contributed by atoms with Crippen molar-refractivity contribution in [1.29, 1.82) is 0 Å². The molecule has 1 aromatic heterocycles. The molecule has 106 valence electrons. The SMILES string of the molecule is O=C(NCC(O)C(F)F)c1cnn(-c2ccccc2)c1. The molecule has 5 nitrogen and oxygen atoms in total. The van der Waals surface area contributed by atoms with Crippen molar-refractivity contribution < 1.29 is 18.7 Å². The quantitative estimate of drug-likeness (QED) is 0.866. The molecule has 1 heterocycles. The van der Waals surface area contributed by atoms with E-state index in [9.17, 15) is 13.6 Å². The molecule has 1 unspecified atom stereocenters. The fourth-order valence-electron chi connectivity index (χ4n) is 1.55. The van der Waals surface area contributed by atoms with Gasteiger partial charge in [0.2, 0.25) is 0 Å². The summed E-state index contributed by atoms with van der Waals surface area (Å²) in [5.74, 6) is -0.563. The monoisotopic (exact) mass is 281 g/mol. The van der Waals surface area contributed by atoms with Crippen molar-refractivity contribution >= 4 is 5.91 Å². The summed E-state index contributed by atoms with van der Waals surface area (Å²) in [5, 5.41) is 15.2. The summed E-state index contributed by atoms with van der Waals surface area (Å²) in [7, 11) is 0. The van der Waals surface area contributed by atoms with E-state index in [0.29, 0.717) is 0 Å². The fourth-order valence-corrected chi connectivity index (χ4v) is 1.55. The molecule has 2 aromatic rings. The number of aliphatic hydroxyl groups is 1. The van der Waals surface area contributed by atoms with Gasteiger partial charge in [-0.2, -0.15) is 5.10 Å². The van der Waals surface area contributed by atoms with Crippen molar-refractivity contribution in [3.8, 4) is 5.69 Å². The molecule has 0 fully saturated rings. The van der Waals surface area contributed by atoms with Gasteiger partial charge in [0.05, 0.1) is 17.4 Å². The highest BCUT2D eigenvalue weighted by molar-refractivity contribution is 5.93. The predicted octanol–water partition coefficient (Wildman–Crippen LogP) is 1.23. The molecule has 0 aliphatic rings. The number of nitrogens with zero attached hydrogens (tertiary/aromatic N) is 2. The smallest absolute Gasteiger partial charge is 0.265 e. The number of para-hydroxylation sites is 1. The van der Waals surface area contributed by atoms with Gasteiger partial charge in [0, 0.05) is 12.7 Å². The van der Waals surface area contributed by atoms with Gasteiger partial charge in [-0.25, -0.2) is 13.5 Å². The van der Waals surface area contributed by atoms with Gasteiger partial charge < -0.3 is 10.4 Å². The third-order valence-electron chi connectivity index (χ3n) is 2.63. The van der Waals surface area contributed by atoms with Gasteiger partial charge in [0.25, 0.3) is 12.3 Å². The molecule has 0 saturated carbocycles. The van der Waals surface area contributed by atoms with Crippen molar-refractivity contribution in [1.82, 2.24) is 15.1 Å². The van der Waals surface area contributed by atoms with E-state index in [1.54, 1.807) is 0 Å². The minimum Gasteiger partial charge on any atom is -0.385 e. The van der Waals surface area contributed by atoms with Gasteiger partial charge in [-0.1, -0.05) is 18.2 Å². The van der Waals surface area contributed by atoms with Crippen LogP contribution in [0.5, 0.6) is 0 Å². The number of aromatic nitrogens is 2. The topological polar surface area (TPSA) is 67.2 Å². The molecule has 2 rings (SSSR count). The average Bonchev–Trinajstić information content (AvgIpc) is 2.95. The Morgan fingerprint density at radius 2 is 2.05 bits per heavy atom. The molecular formula is C13H13F2N3O2. The summed E-state index contributed by atoms with van der Waals surface area (Å²) in [6.45, 7) is -0.507. The lowest BCUT2D eigenvalue weighted by atomic mass is 10.3. The third-order valence-corrected chi connectivity index (χ3v) is 2.63. The second-order valence-electron chi connectivity index (χ2n) is 4.12. The van der Waals surface area contributed by atoms with E-state index >= 15 is 0 Å². The first-order valence-electron chi connectivity index (χ1n) is 5.92. The number of rotatable bonds is 5. The van der Waals surface area contributed by atoms with E-state index in [1.165, 1.54) is 17.1 Å². The number of amides is 1. The van der Waals surface area contributed by atoms with E-state index in [-0.39, 0.29) is 5.56 Å². The van der Waals surface area contributed by atoms with Crippen LogP contribution in [0.1, 0.15) is 10.4 Å². The predicted molar refractivity (Wildman–Crippen MR) is 67.9 cm³/mol. The van der Waals surface area contributed by atoms with Crippen LogP contribution in [0.3, 0.4) is 0 Å². The first-order valence-corrected chi connectivity index (χ1v) is 5.92. The molecule has 1 atom stereocenters. The maximum atomic E-state index is 12.1. The Morgan fingerprint density at radius 3 is 2.70 bits per heavy atom. The number of alkyl halides is 2. The van der Waals surface area contributed by atoms with Gasteiger partial charge in [-0.05, 0) is 12.1 Å². The lowest BCUT2D eigenvalue weighted by Gasteiger charge is -2.09. The molecule has 0 radical (unpaired) electrons. The molecule has 0 aliphatic heterocycles. The van der Waals surface area contributed by atoms with E-state index < -0.39 is 25.0 Å². The molecule has 20 heavy (non-hydrogen) atoms. The molecular weight excluding hydrogens is 268 g/mol. The highest BCUT2D eigenvalue weighted by Gasteiger charge is 2.18. The van der Waals surface area contributed by atoms with Gasteiger partial charge >= 0.3 is 0 Å². The van der Waals surface area contributed by atoms with Gasteiger partial charge in [-0.15, -0.1) is 0 Å². The van der Waals surface area contributed by atoms with E-state index in [0.717, 1.165) is 5.69 Å². The second kappa shape index (κ2) is 6.25. The summed E-state index contributed by atoms with van der Waals surface area (Å²) < 4.78 is 25.7. The summed E-state index contributed by atoms with van der Waals surface area (Å²) in [6, 6.07) is 9.14. The van der Waals surface area contributed by atoms with Crippen molar-refractivity contribution in [2.24, 2.45) is 0 Å². The normalized spacial score (nSPS) is 12.4. The third kappa shape index (κ3) is 3.39. The lowest BCUT2D eigenvalue weighted by Crippen LogP contribution is -2.35. The summed E-state index contributed by atoms with van der Waals surface area (Å²) in [5.41, 5.74) is 1.01. The van der Waals surface area contributed by atoms with E-state index in [4.69, 9.17) is 5.11 Å². The van der Waals surface area contributed by atoms with Crippen molar-refractivity contribution in [2.75, 3.05) is 6.54 Å². The van der Waals surface area contributed by atoms with E-state index in [1.807, 2.05) is 30.3 Å². The Bertz CT molecular complexity index is 572. The first-order chi connectivity index (χ1) is 9.58. The van der Waals surface area contributed by atoms with Gasteiger partial charge in [-0.3, -0.25) is 4.79 Å². The number of carbonyl (C=O) groups is 1. The molecule has 1 amide bonds. The van der Waals surface area contributed by atoms with Crippen LogP contribution < -0.4 is 5.32 Å². The van der Waals surface area contributed by atoms with Crippen molar-refractivity contribution in [3.63, 3.8) is 0 Å². The number of benzene rings is 1. The summed E-state index contributed by atoms with van der Waals surface area (Å²) >= 11 is 0. The Morgan fingerprint density at radius 1 is 1.35 bits per heavy atom. The zero-order valence-electron chi connectivity index (χ0n) is 10.4. The van der Waals surface area contributed by atoms with Crippen LogP contribution in [-0.4, -0.2) is 39.9 Å². The molecule has 7 heteroatoms. The van der Waals surface area contributed by atoms with Crippen LogP contribution >= 0.6 is 0 Å². The maximum absolute atomic E-state index is 12.1. The number of carbonyl (C=O) groups excluding carboxylic acids is 1. The number of hydrogen-bond acceptors (Lipinski definition) is 3. The molecule has 0 aliphatic carbocycles. The standard InChI is InChI=1S/C13H13F2N3O2/c14-12(15)11(19)7-16-13(20)9-6-17-18(8-9)10-4-2-1-3-5-10/h1-6,8,11-12,19H,7H2,(H,16,20). The van der Waals surface area contributed by atoms with Crippen molar-refractivity contribution in [3.05, 3.63) is 48.3 Å². The highest BCUT2D eigenvalue weighted by Crippen LogP contribution is 2.07. The fraction of sp³-hybridized carbons (Fsp3) is 0.231. The molecule has 0 spiro atoms. The average molecular weight is 281 g/mol. The number of aliphatic hydroxyl groups excluding tert-OH is 1. The first kappa shape index (κ1) is 14.1. The largest absolute Gasteiger partial charge is 0.385 e. The Hall–Kier alpha value is -2.28. The number of halogens is 2. The molecule has 0 bridgehead atoms. The Kier molecular flexibility index (Phi) is 4.41. The Labute approximate surface area is 113 Å². The highest BCUT2D eigenvalue weighted by atomic mass is 19.3. The van der Waals surface area contributed by atoms with Crippen LogP contribution in [0.25, 0.3) is 5.69 Å². The van der Waals surface area contributed by atoms with Crippen molar-refractivity contribution in [2.45, 2.75) is 12.5 Å². The van der Waals surface area contributed by atoms with Crippen LogP contribution in [0.2, 0.25) is 0 Å². The molecule has 2 N–H and O–H groups in total. The zero-order valence-corrected chi connectivity index (χ0v) is 10.4. The molecule has 1 aromatic carbocycles. The van der Waals surface area contributed by atoms with Gasteiger partial charge in [0.1, 0.15) is 6.10 Å². The van der Waals surface area contributed by atoms with Crippen LogP contribution in [0.4, 0.5) is 8.78 Å². The zero-order chi connectivity index (χ0) is 14.5. The summed E-state index contributed by atoms with van der Waals surface area (Å²) in [6.07, 6.45) is -1.94. The summed E-state index contributed by atoms with van der Waals surface area (Å²) in [4.78, 5) is 11.7. The lowest BCUT2D eigenvalue weighted by molar-refractivity contribution is -0.00270. The number of hydrogen-bond donors (Lipinski definition) is 2.